The lowest BCUT2D eigenvalue weighted by Gasteiger charge is -2.32. The molecule has 61 heavy (non-hydrogen) atoms. The van der Waals surface area contributed by atoms with Crippen molar-refractivity contribution in [2.45, 2.75) is 70.9 Å². The van der Waals surface area contributed by atoms with Crippen molar-refractivity contribution < 1.29 is 39.0 Å². The molecule has 0 saturated carbocycles. The Bertz CT molecular complexity index is 2260. The van der Waals surface area contributed by atoms with E-state index < -0.39 is 53.2 Å². The van der Waals surface area contributed by atoms with Crippen LogP contribution in [0.3, 0.4) is 0 Å². The minimum absolute atomic E-state index is 0.0124. The molecule has 4 aromatic rings. The number of ketones is 3. The molecule has 1 aliphatic rings. The minimum atomic E-state index is -1.27. The van der Waals surface area contributed by atoms with E-state index in [-0.39, 0.29) is 60.0 Å². The molecule has 0 fully saturated rings. The monoisotopic (exact) mass is 850 g/mol. The molecule has 0 unspecified atom stereocenters. The van der Waals surface area contributed by atoms with E-state index in [2.05, 4.69) is 5.32 Å². The van der Waals surface area contributed by atoms with Crippen LogP contribution in [0.5, 0.6) is 11.5 Å². The molecule has 1 aliphatic heterocycles. The molecule has 12 nitrogen and oxygen atoms in total. The van der Waals surface area contributed by atoms with Crippen molar-refractivity contribution >= 4 is 46.7 Å². The molecule has 4 bridgehead atoms. The first-order chi connectivity index (χ1) is 29.0. The number of carbonyl (C=O) groups is 6. The molecule has 5 rings (SSSR count). The van der Waals surface area contributed by atoms with Gasteiger partial charge in [-0.3, -0.25) is 28.8 Å². The summed E-state index contributed by atoms with van der Waals surface area (Å²) in [5.41, 5.74) is 9.29. The molecule has 0 saturated heterocycles. The highest BCUT2D eigenvalue weighted by Crippen LogP contribution is 2.40. The first kappa shape index (κ1) is 46.2. The number of halogens is 1. The maximum atomic E-state index is 14.6. The van der Waals surface area contributed by atoms with E-state index in [1.165, 1.54) is 41.1 Å². The first-order valence-electron chi connectivity index (χ1n) is 20.6. The molecule has 4 aromatic carbocycles. The van der Waals surface area contributed by atoms with Crippen LogP contribution in [-0.2, 0) is 30.4 Å². The summed E-state index contributed by atoms with van der Waals surface area (Å²) in [6.45, 7) is 3.59. The van der Waals surface area contributed by atoms with Crippen molar-refractivity contribution in [3.05, 3.63) is 107 Å². The van der Waals surface area contributed by atoms with Gasteiger partial charge in [0.15, 0.2) is 17.3 Å². The van der Waals surface area contributed by atoms with Crippen LogP contribution in [0.4, 0.5) is 0 Å². The van der Waals surface area contributed by atoms with Gasteiger partial charge in [0.2, 0.25) is 17.7 Å². The van der Waals surface area contributed by atoms with Crippen molar-refractivity contribution in [2.24, 2.45) is 23.5 Å². The summed E-state index contributed by atoms with van der Waals surface area (Å²) in [4.78, 5) is 85.9. The number of amides is 3. The number of hydrogen-bond donors (Lipinski definition) is 4. The highest BCUT2D eigenvalue weighted by Gasteiger charge is 2.36. The smallest absolute Gasteiger partial charge is 0.226 e. The van der Waals surface area contributed by atoms with Gasteiger partial charge in [0, 0.05) is 79.9 Å². The van der Waals surface area contributed by atoms with E-state index in [0.29, 0.717) is 47.5 Å². The highest BCUT2D eigenvalue weighted by molar-refractivity contribution is 6.30. The number of likely N-dealkylation sites (N-methyl/N-ethyl adjacent to an activating group) is 1. The normalized spacial score (nSPS) is 17.7. The van der Waals surface area contributed by atoms with Gasteiger partial charge in [0.05, 0.1) is 6.04 Å². The second kappa shape index (κ2) is 20.6. The molecular weight excluding hydrogens is 796 g/mol. The van der Waals surface area contributed by atoms with Gasteiger partial charge in [-0.05, 0) is 84.5 Å². The van der Waals surface area contributed by atoms with Crippen LogP contribution in [0, 0.1) is 17.8 Å². The van der Waals surface area contributed by atoms with Gasteiger partial charge in [-0.2, -0.15) is 0 Å². The topological polar surface area (TPSA) is 187 Å². The maximum absolute atomic E-state index is 14.6. The lowest BCUT2D eigenvalue weighted by Crippen LogP contribution is -2.46. The third-order valence-corrected chi connectivity index (χ3v) is 11.6. The van der Waals surface area contributed by atoms with Crippen LogP contribution < -0.4 is 11.1 Å². The Hall–Kier alpha value is -5.85. The number of phenols is 2. The number of carbonyl (C=O) groups excluding carboxylic acids is 6. The van der Waals surface area contributed by atoms with Crippen LogP contribution in [-0.4, -0.2) is 88.8 Å². The number of aromatic hydroxyl groups is 2. The Labute approximate surface area is 362 Å². The number of nitrogens with one attached hydrogen (secondary N) is 1. The second-order valence-corrected chi connectivity index (χ2v) is 16.8. The molecule has 0 spiro atoms. The van der Waals surface area contributed by atoms with Gasteiger partial charge in [0.25, 0.3) is 0 Å². The number of Topliss-reactive ketones (excluding diaryl/α,β-unsaturated/α-hetero) is 3. The number of benzene rings is 4. The van der Waals surface area contributed by atoms with Crippen LogP contribution in [0.1, 0.15) is 79.9 Å². The van der Waals surface area contributed by atoms with Crippen LogP contribution in [0.25, 0.3) is 22.3 Å². The zero-order valence-corrected chi connectivity index (χ0v) is 36.1. The average Bonchev–Trinajstić information content (AvgIpc) is 3.23. The molecule has 13 heteroatoms. The molecule has 1 heterocycles. The van der Waals surface area contributed by atoms with E-state index in [9.17, 15) is 39.0 Å². The zero-order valence-electron chi connectivity index (χ0n) is 35.3. The van der Waals surface area contributed by atoms with E-state index in [1.807, 2.05) is 24.3 Å². The Morgan fingerprint density at radius 3 is 2.03 bits per heavy atom. The standard InChI is InChI=1S/C48H55ClN4O8/c1-28-22-44(58)45(53(5)48(61)35(8-6-7-21-50)27-42(56)33-12-10-31(11-13-33)32-14-17-36(49)18-15-32)34-16-20-41(55)38(26-34)37-24-30(9-19-40(37)54)25-39(51-46(28)59)43(57)23-29(2)47(60)52(3)4/h9-20,24,26,28-29,35,39,45,54-55H,6-8,21-23,25,27,50H2,1-5H3,(H,51,59)/t28-,29-,35-,39+,45+/m1/s1. The van der Waals surface area contributed by atoms with Gasteiger partial charge in [-0.25, -0.2) is 0 Å². The lowest BCUT2D eigenvalue weighted by atomic mass is 9.87. The summed E-state index contributed by atoms with van der Waals surface area (Å²) in [5, 5.41) is 25.7. The van der Waals surface area contributed by atoms with Gasteiger partial charge >= 0.3 is 0 Å². The Morgan fingerprint density at radius 1 is 0.803 bits per heavy atom. The molecule has 322 valence electrons. The van der Waals surface area contributed by atoms with Gasteiger partial charge in [-0.1, -0.05) is 80.4 Å². The third-order valence-electron chi connectivity index (χ3n) is 11.4. The van der Waals surface area contributed by atoms with E-state index >= 15 is 0 Å². The lowest BCUT2D eigenvalue weighted by molar-refractivity contribution is -0.142. The number of unbranched alkanes of at least 4 members (excludes halogenated alkanes) is 1. The van der Waals surface area contributed by atoms with Crippen molar-refractivity contribution in [3.63, 3.8) is 0 Å². The molecule has 0 radical (unpaired) electrons. The molecule has 3 amide bonds. The van der Waals surface area contributed by atoms with Gasteiger partial charge in [0.1, 0.15) is 17.5 Å². The zero-order chi connectivity index (χ0) is 44.5. The molecular formula is C48H55ClN4O8. The number of rotatable bonds is 14. The molecule has 0 aromatic heterocycles. The van der Waals surface area contributed by atoms with Gasteiger partial charge in [-0.15, -0.1) is 0 Å². The number of hydrogen-bond acceptors (Lipinski definition) is 9. The summed E-state index contributed by atoms with van der Waals surface area (Å²) in [6.07, 6.45) is 0.896. The Balaban J connectivity index is 1.49. The molecule has 0 aliphatic carbocycles. The summed E-state index contributed by atoms with van der Waals surface area (Å²) in [7, 11) is 4.67. The first-order valence-corrected chi connectivity index (χ1v) is 20.9. The predicted octanol–water partition coefficient (Wildman–Crippen LogP) is 6.92. The fraction of sp³-hybridized carbons (Fsp3) is 0.375. The fourth-order valence-corrected chi connectivity index (χ4v) is 7.99. The average molecular weight is 851 g/mol. The van der Waals surface area contributed by atoms with Crippen LogP contribution in [0.2, 0.25) is 5.02 Å². The number of nitrogens with zero attached hydrogens (tertiary/aromatic N) is 2. The minimum Gasteiger partial charge on any atom is -0.507 e. The maximum Gasteiger partial charge on any atom is 0.226 e. The second-order valence-electron chi connectivity index (χ2n) is 16.3. The summed E-state index contributed by atoms with van der Waals surface area (Å²) < 4.78 is 0. The van der Waals surface area contributed by atoms with E-state index in [4.69, 9.17) is 17.3 Å². The Morgan fingerprint density at radius 2 is 1.41 bits per heavy atom. The third kappa shape index (κ3) is 11.5. The van der Waals surface area contributed by atoms with Gasteiger partial charge < -0.3 is 31.1 Å². The van der Waals surface area contributed by atoms with Crippen molar-refractivity contribution in [1.82, 2.24) is 15.1 Å². The van der Waals surface area contributed by atoms with Crippen molar-refractivity contribution in [2.75, 3.05) is 27.7 Å². The van der Waals surface area contributed by atoms with Crippen molar-refractivity contribution in [1.29, 1.82) is 0 Å². The SMILES string of the molecule is C[C@@H]1CC(=O)[C@@H](N(C)C(=O)[C@H](CCCCN)CC(=O)c2ccc(-c3ccc(Cl)cc3)cc2)c2ccc(O)c(c2)-c2cc(ccc2O)C[C@@H](C(=O)C[C@@H](C)C(=O)N(C)C)NC1=O. The summed E-state index contributed by atoms with van der Waals surface area (Å²) in [6, 6.07) is 21.1. The predicted molar refractivity (Wildman–Crippen MR) is 235 cm³/mol. The summed E-state index contributed by atoms with van der Waals surface area (Å²) >= 11 is 6.06. The van der Waals surface area contributed by atoms with Crippen molar-refractivity contribution in [3.8, 4) is 33.8 Å². The van der Waals surface area contributed by atoms with E-state index in [1.54, 1.807) is 64.3 Å². The number of fused-ring (bicyclic) bond motifs is 5. The molecule has 5 atom stereocenters. The van der Waals surface area contributed by atoms with E-state index in [0.717, 1.165) is 11.1 Å². The number of phenolic OH excluding ortho intramolecular Hbond substituents is 2. The largest absolute Gasteiger partial charge is 0.507 e. The van der Waals surface area contributed by atoms with Crippen LogP contribution in [0.15, 0.2) is 84.9 Å². The Kier molecular flexibility index (Phi) is 15.6. The number of nitrogens with two attached hydrogens (primary N) is 1. The summed E-state index contributed by atoms with van der Waals surface area (Å²) in [5.74, 6) is -5.26. The molecule has 5 N–H and O–H groups in total. The fourth-order valence-electron chi connectivity index (χ4n) is 7.86. The highest BCUT2D eigenvalue weighted by atomic mass is 35.5. The quantitative estimate of drug-likeness (QED) is 0.0772. The van der Waals surface area contributed by atoms with Crippen LogP contribution >= 0.6 is 11.6 Å².